The molecule has 0 fully saturated rings. The van der Waals surface area contributed by atoms with E-state index in [4.69, 9.17) is 0 Å². The fourth-order valence-corrected chi connectivity index (χ4v) is 2.10. The third kappa shape index (κ3) is 1.32. The molecule has 0 amide bonds. The van der Waals surface area contributed by atoms with Crippen molar-refractivity contribution >= 4 is 22.5 Å². The highest BCUT2D eigenvalue weighted by molar-refractivity contribution is 7.98. The molecule has 0 aliphatic rings. The van der Waals surface area contributed by atoms with Gasteiger partial charge in [-0.2, -0.15) is 0 Å². The number of aromatic amines is 1. The summed E-state index contributed by atoms with van der Waals surface area (Å²) in [6, 6.07) is 4.75. The van der Waals surface area contributed by atoms with Crippen molar-refractivity contribution in [2.75, 3.05) is 6.26 Å². The summed E-state index contributed by atoms with van der Waals surface area (Å²) in [5.74, 6) is -0.346. The molecule has 14 heavy (non-hydrogen) atoms. The Bertz CT molecular complexity index is 535. The molecule has 0 spiro atoms. The lowest BCUT2D eigenvalue weighted by molar-refractivity contribution is 0.605. The van der Waals surface area contributed by atoms with Crippen molar-refractivity contribution < 1.29 is 4.39 Å². The quantitative estimate of drug-likeness (QED) is 0.731. The molecule has 2 nitrogen and oxygen atoms in total. The summed E-state index contributed by atoms with van der Waals surface area (Å²) in [5.41, 5.74) is -0.244. The van der Waals surface area contributed by atoms with Gasteiger partial charge in [-0.1, -0.05) is 6.07 Å². The van der Waals surface area contributed by atoms with E-state index >= 15 is 0 Å². The van der Waals surface area contributed by atoms with Gasteiger partial charge in [0.15, 0.2) is 0 Å². The topological polar surface area (TPSA) is 32.9 Å². The standard InChI is InChI=1S/C10H8FNOS/c1-14-9-7(11)3-2-6-4-5-12-10(13)8(6)9/h2-5H,1H3,(H,12,13). The van der Waals surface area contributed by atoms with Crippen LogP contribution < -0.4 is 5.56 Å². The van der Waals surface area contributed by atoms with E-state index in [1.54, 1.807) is 24.6 Å². The fourth-order valence-electron chi connectivity index (χ4n) is 1.42. The van der Waals surface area contributed by atoms with Gasteiger partial charge in [0, 0.05) is 6.20 Å². The van der Waals surface area contributed by atoms with Crippen LogP contribution in [0.3, 0.4) is 0 Å². The summed E-state index contributed by atoms with van der Waals surface area (Å²) < 4.78 is 13.3. The molecule has 0 atom stereocenters. The lowest BCUT2D eigenvalue weighted by Crippen LogP contribution is -2.06. The minimum atomic E-state index is -0.346. The first-order chi connectivity index (χ1) is 6.74. The monoisotopic (exact) mass is 209 g/mol. The lowest BCUT2D eigenvalue weighted by atomic mass is 10.2. The number of pyridine rings is 1. The molecule has 0 saturated carbocycles. The van der Waals surface area contributed by atoms with E-state index in [1.807, 2.05) is 0 Å². The number of H-pyrrole nitrogens is 1. The van der Waals surface area contributed by atoms with Gasteiger partial charge in [0.2, 0.25) is 0 Å². The second-order valence-corrected chi connectivity index (χ2v) is 3.67. The van der Waals surface area contributed by atoms with Crippen LogP contribution in [0.4, 0.5) is 4.39 Å². The molecule has 1 heterocycles. The van der Waals surface area contributed by atoms with Gasteiger partial charge in [-0.15, -0.1) is 11.8 Å². The average Bonchev–Trinajstić information content (AvgIpc) is 2.19. The Balaban J connectivity index is 2.99. The van der Waals surface area contributed by atoms with Crippen LogP contribution in [0.15, 0.2) is 34.1 Å². The largest absolute Gasteiger partial charge is 0.329 e. The average molecular weight is 209 g/mol. The number of fused-ring (bicyclic) bond motifs is 1. The normalized spacial score (nSPS) is 10.7. The van der Waals surface area contributed by atoms with Gasteiger partial charge in [0.1, 0.15) is 5.82 Å². The Morgan fingerprint density at radius 1 is 1.36 bits per heavy atom. The van der Waals surface area contributed by atoms with Gasteiger partial charge in [0.05, 0.1) is 10.3 Å². The van der Waals surface area contributed by atoms with Crippen molar-refractivity contribution in [3.63, 3.8) is 0 Å². The highest BCUT2D eigenvalue weighted by atomic mass is 32.2. The molecule has 0 unspecified atom stereocenters. The molecule has 0 saturated heterocycles. The van der Waals surface area contributed by atoms with E-state index in [9.17, 15) is 9.18 Å². The second-order valence-electron chi connectivity index (χ2n) is 2.85. The predicted molar refractivity (Wildman–Crippen MR) is 56.3 cm³/mol. The number of benzene rings is 1. The van der Waals surface area contributed by atoms with Crippen molar-refractivity contribution in [2.24, 2.45) is 0 Å². The van der Waals surface area contributed by atoms with E-state index < -0.39 is 0 Å². The Hall–Kier alpha value is -1.29. The number of aromatic nitrogens is 1. The molecule has 0 bridgehead atoms. The first-order valence-electron chi connectivity index (χ1n) is 4.08. The van der Waals surface area contributed by atoms with Crippen LogP contribution in [0.25, 0.3) is 10.8 Å². The van der Waals surface area contributed by atoms with Crippen molar-refractivity contribution in [2.45, 2.75) is 4.90 Å². The summed E-state index contributed by atoms with van der Waals surface area (Å²) in [6.07, 6.45) is 3.32. The minimum Gasteiger partial charge on any atom is -0.329 e. The van der Waals surface area contributed by atoms with Crippen molar-refractivity contribution in [1.29, 1.82) is 0 Å². The van der Waals surface area contributed by atoms with Crippen molar-refractivity contribution in [1.82, 2.24) is 4.98 Å². The van der Waals surface area contributed by atoms with Crippen LogP contribution in [0.2, 0.25) is 0 Å². The number of thioether (sulfide) groups is 1. The molecule has 0 aliphatic heterocycles. The zero-order chi connectivity index (χ0) is 10.1. The number of hydrogen-bond donors (Lipinski definition) is 1. The first-order valence-corrected chi connectivity index (χ1v) is 5.30. The SMILES string of the molecule is CSc1c(F)ccc2cc[nH]c(=O)c12. The zero-order valence-electron chi connectivity index (χ0n) is 7.50. The fraction of sp³-hybridized carbons (Fsp3) is 0.100. The number of rotatable bonds is 1. The van der Waals surface area contributed by atoms with Crippen LogP contribution in [-0.4, -0.2) is 11.2 Å². The van der Waals surface area contributed by atoms with Gasteiger partial charge >= 0.3 is 0 Å². The van der Waals surface area contributed by atoms with Crippen molar-refractivity contribution in [3.8, 4) is 0 Å². The Morgan fingerprint density at radius 3 is 2.86 bits per heavy atom. The van der Waals surface area contributed by atoms with Crippen LogP contribution in [-0.2, 0) is 0 Å². The summed E-state index contributed by atoms with van der Waals surface area (Å²) >= 11 is 1.24. The molecule has 2 aromatic rings. The van der Waals surface area contributed by atoms with Crippen LogP contribution in [0, 0.1) is 5.82 Å². The third-order valence-corrected chi connectivity index (χ3v) is 2.86. The van der Waals surface area contributed by atoms with E-state index in [2.05, 4.69) is 4.98 Å². The molecule has 1 N–H and O–H groups in total. The van der Waals surface area contributed by atoms with Crippen molar-refractivity contribution in [3.05, 3.63) is 40.6 Å². The van der Waals surface area contributed by atoms with E-state index in [-0.39, 0.29) is 11.4 Å². The summed E-state index contributed by atoms with van der Waals surface area (Å²) in [7, 11) is 0. The van der Waals surface area contributed by atoms with Gasteiger partial charge in [-0.25, -0.2) is 4.39 Å². The molecule has 1 aromatic carbocycles. The molecule has 0 radical (unpaired) electrons. The highest BCUT2D eigenvalue weighted by Crippen LogP contribution is 2.26. The summed E-state index contributed by atoms with van der Waals surface area (Å²) in [6.45, 7) is 0. The van der Waals surface area contributed by atoms with Gasteiger partial charge in [-0.05, 0) is 23.8 Å². The smallest absolute Gasteiger partial charge is 0.257 e. The van der Waals surface area contributed by atoms with Crippen LogP contribution in [0.5, 0.6) is 0 Å². The number of hydrogen-bond acceptors (Lipinski definition) is 2. The highest BCUT2D eigenvalue weighted by Gasteiger charge is 2.08. The van der Waals surface area contributed by atoms with Gasteiger partial charge < -0.3 is 4.98 Å². The molecule has 0 aliphatic carbocycles. The van der Waals surface area contributed by atoms with Gasteiger partial charge in [0.25, 0.3) is 5.56 Å². The van der Waals surface area contributed by atoms with E-state index in [1.165, 1.54) is 17.8 Å². The molecule has 4 heteroatoms. The second kappa shape index (κ2) is 3.46. The maximum absolute atomic E-state index is 13.3. The molecule has 2 rings (SSSR count). The minimum absolute atomic E-state index is 0.244. The maximum atomic E-state index is 13.3. The summed E-state index contributed by atoms with van der Waals surface area (Å²) in [5, 5.41) is 1.19. The van der Waals surface area contributed by atoms with Gasteiger partial charge in [-0.3, -0.25) is 4.79 Å². The van der Waals surface area contributed by atoms with Crippen LogP contribution in [0.1, 0.15) is 0 Å². The predicted octanol–water partition coefficient (Wildman–Crippen LogP) is 2.39. The molecule has 72 valence electrons. The zero-order valence-corrected chi connectivity index (χ0v) is 8.32. The molecular weight excluding hydrogens is 201 g/mol. The number of nitrogens with one attached hydrogen (secondary N) is 1. The molecule has 1 aromatic heterocycles. The van der Waals surface area contributed by atoms with Crippen LogP contribution >= 0.6 is 11.8 Å². The molecular formula is C10H8FNOS. The Morgan fingerprint density at radius 2 is 2.14 bits per heavy atom. The lowest BCUT2D eigenvalue weighted by Gasteiger charge is -2.03. The Labute approximate surface area is 84.1 Å². The van der Waals surface area contributed by atoms with E-state index in [0.29, 0.717) is 10.3 Å². The maximum Gasteiger partial charge on any atom is 0.257 e. The third-order valence-electron chi connectivity index (χ3n) is 2.05. The first kappa shape index (κ1) is 9.27. The summed E-state index contributed by atoms with van der Waals surface area (Å²) in [4.78, 5) is 14.4. The Kier molecular flexibility index (Phi) is 2.29. The number of halogens is 1. The van der Waals surface area contributed by atoms with E-state index in [0.717, 1.165) is 5.39 Å².